The van der Waals surface area contributed by atoms with E-state index < -0.39 is 6.10 Å². The lowest BCUT2D eigenvalue weighted by Gasteiger charge is -2.26. The number of aromatic nitrogens is 3. The molecule has 2 atom stereocenters. The van der Waals surface area contributed by atoms with Gasteiger partial charge in [-0.1, -0.05) is 72.4 Å². The minimum absolute atomic E-state index is 0.304. The largest absolute Gasteiger partial charge is 0.485 e. The lowest BCUT2D eigenvalue weighted by molar-refractivity contribution is 0.0835. The molecular formula is C25H20N4O2S. The quantitative estimate of drug-likeness (QED) is 0.393. The van der Waals surface area contributed by atoms with Gasteiger partial charge in [-0.25, -0.2) is 0 Å². The zero-order valence-corrected chi connectivity index (χ0v) is 18.0. The standard InChI is InChI=1S/C25H20N4O2S/c26-16-20(15-18-9-3-1-4-10-18)32-25-28-27-24(29(25)19-11-5-2-6-12-19)23-17-30-21-13-7-8-14-22(21)31-23/h1-14,20,23H,15,17H2/t20-,23-/m1/s1. The van der Waals surface area contributed by atoms with Crippen LogP contribution >= 0.6 is 11.8 Å². The van der Waals surface area contributed by atoms with Crippen molar-refractivity contribution in [3.05, 3.63) is 96.3 Å². The molecule has 0 spiro atoms. The van der Waals surface area contributed by atoms with Gasteiger partial charge in [-0.15, -0.1) is 10.2 Å². The first-order valence-electron chi connectivity index (χ1n) is 10.3. The highest BCUT2D eigenvalue weighted by Gasteiger charge is 2.30. The lowest BCUT2D eigenvalue weighted by atomic mass is 10.1. The Kier molecular flexibility index (Phi) is 5.77. The van der Waals surface area contributed by atoms with Gasteiger partial charge in [0.05, 0.1) is 6.07 Å². The maximum Gasteiger partial charge on any atom is 0.197 e. The zero-order chi connectivity index (χ0) is 21.8. The second-order valence-corrected chi connectivity index (χ2v) is 8.47. The van der Waals surface area contributed by atoms with Crippen LogP contribution in [0.2, 0.25) is 0 Å². The van der Waals surface area contributed by atoms with Crippen molar-refractivity contribution in [2.24, 2.45) is 0 Å². The van der Waals surface area contributed by atoms with E-state index in [4.69, 9.17) is 9.47 Å². The van der Waals surface area contributed by atoms with Crippen molar-refractivity contribution in [2.75, 3.05) is 6.61 Å². The van der Waals surface area contributed by atoms with Crippen molar-refractivity contribution >= 4 is 11.8 Å². The molecule has 0 unspecified atom stereocenters. The van der Waals surface area contributed by atoms with Crippen LogP contribution in [0.25, 0.3) is 5.69 Å². The fraction of sp³-hybridized carbons (Fsp3) is 0.160. The molecule has 158 valence electrons. The molecule has 3 aromatic carbocycles. The average Bonchev–Trinajstić information content (AvgIpc) is 3.28. The van der Waals surface area contributed by atoms with E-state index in [1.165, 1.54) is 11.8 Å². The molecule has 0 saturated carbocycles. The van der Waals surface area contributed by atoms with Crippen LogP contribution in [0.3, 0.4) is 0 Å². The Labute approximate surface area is 190 Å². The highest BCUT2D eigenvalue weighted by molar-refractivity contribution is 8.00. The molecule has 32 heavy (non-hydrogen) atoms. The molecule has 1 aliphatic heterocycles. The third-order valence-electron chi connectivity index (χ3n) is 5.12. The van der Waals surface area contributed by atoms with E-state index in [0.29, 0.717) is 29.8 Å². The van der Waals surface area contributed by atoms with Gasteiger partial charge < -0.3 is 9.47 Å². The summed E-state index contributed by atoms with van der Waals surface area (Å²) in [5.74, 6) is 2.04. The number of nitriles is 1. The number of nitrogens with zero attached hydrogens (tertiary/aromatic N) is 4. The van der Waals surface area contributed by atoms with Gasteiger partial charge in [0, 0.05) is 5.69 Å². The van der Waals surface area contributed by atoms with Gasteiger partial charge in [0.2, 0.25) is 0 Å². The molecule has 4 aromatic rings. The maximum absolute atomic E-state index is 9.80. The smallest absolute Gasteiger partial charge is 0.197 e. The zero-order valence-electron chi connectivity index (χ0n) is 17.2. The van der Waals surface area contributed by atoms with Gasteiger partial charge >= 0.3 is 0 Å². The van der Waals surface area contributed by atoms with Crippen molar-refractivity contribution in [1.82, 2.24) is 14.8 Å². The van der Waals surface area contributed by atoms with Gasteiger partial charge in [-0.2, -0.15) is 5.26 Å². The number of para-hydroxylation sites is 3. The van der Waals surface area contributed by atoms with Gasteiger partial charge in [0.1, 0.15) is 11.9 Å². The molecule has 5 rings (SSSR count). The van der Waals surface area contributed by atoms with Crippen LogP contribution in [-0.2, 0) is 6.42 Å². The number of rotatable bonds is 6. The summed E-state index contributed by atoms with van der Waals surface area (Å²) in [7, 11) is 0. The molecule has 0 saturated heterocycles. The van der Waals surface area contributed by atoms with Crippen LogP contribution in [0.15, 0.2) is 90.1 Å². The summed E-state index contributed by atoms with van der Waals surface area (Å²) >= 11 is 1.41. The Bertz CT molecular complexity index is 1240. The average molecular weight is 441 g/mol. The van der Waals surface area contributed by atoms with Crippen LogP contribution in [-0.4, -0.2) is 26.6 Å². The predicted octanol–water partition coefficient (Wildman–Crippen LogP) is 5.01. The first-order valence-corrected chi connectivity index (χ1v) is 11.2. The first kappa shape index (κ1) is 20.2. The van der Waals surface area contributed by atoms with Crippen LogP contribution in [0.1, 0.15) is 17.5 Å². The molecule has 1 aromatic heterocycles. The molecule has 0 aliphatic carbocycles. The van der Waals surface area contributed by atoms with Gasteiger partial charge in [-0.3, -0.25) is 4.57 Å². The van der Waals surface area contributed by atoms with Crippen molar-refractivity contribution < 1.29 is 9.47 Å². The molecule has 0 N–H and O–H groups in total. The summed E-state index contributed by atoms with van der Waals surface area (Å²) in [6.07, 6.45) is 0.205. The van der Waals surface area contributed by atoms with E-state index in [1.54, 1.807) is 0 Å². The summed E-state index contributed by atoms with van der Waals surface area (Å²) in [5.41, 5.74) is 2.02. The summed E-state index contributed by atoms with van der Waals surface area (Å²) < 4.78 is 14.1. The normalized spacial score (nSPS) is 15.7. The Morgan fingerprint density at radius 1 is 0.938 bits per heavy atom. The number of fused-ring (bicyclic) bond motifs is 1. The maximum atomic E-state index is 9.80. The fourth-order valence-corrected chi connectivity index (χ4v) is 4.58. The highest BCUT2D eigenvalue weighted by atomic mass is 32.2. The molecule has 0 amide bonds. The van der Waals surface area contributed by atoms with Gasteiger partial charge in [-0.05, 0) is 36.2 Å². The summed E-state index contributed by atoms with van der Waals surface area (Å²) in [6.45, 7) is 0.332. The van der Waals surface area contributed by atoms with Crippen molar-refractivity contribution in [2.45, 2.75) is 22.9 Å². The molecule has 0 bridgehead atoms. The second kappa shape index (κ2) is 9.16. The lowest BCUT2D eigenvalue weighted by Crippen LogP contribution is -2.24. The van der Waals surface area contributed by atoms with Crippen LogP contribution in [0.5, 0.6) is 11.5 Å². The molecule has 0 fully saturated rings. The van der Waals surface area contributed by atoms with E-state index in [0.717, 1.165) is 17.0 Å². The Morgan fingerprint density at radius 2 is 1.62 bits per heavy atom. The van der Waals surface area contributed by atoms with Crippen LogP contribution in [0.4, 0.5) is 0 Å². The number of benzene rings is 3. The summed E-state index contributed by atoms with van der Waals surface area (Å²) in [6, 6.07) is 29.9. The van der Waals surface area contributed by atoms with Crippen LogP contribution in [0, 0.1) is 11.3 Å². The number of hydrogen-bond acceptors (Lipinski definition) is 6. The van der Waals surface area contributed by atoms with Crippen molar-refractivity contribution in [3.63, 3.8) is 0 Å². The third-order valence-corrected chi connectivity index (χ3v) is 6.16. The fourth-order valence-electron chi connectivity index (χ4n) is 3.60. The van der Waals surface area contributed by atoms with Gasteiger partial charge in [0.25, 0.3) is 0 Å². The second-order valence-electron chi connectivity index (χ2n) is 7.30. The van der Waals surface area contributed by atoms with Gasteiger partial charge in [0.15, 0.2) is 28.6 Å². The topological polar surface area (TPSA) is 73.0 Å². The van der Waals surface area contributed by atoms with E-state index in [2.05, 4.69) is 16.3 Å². The Hall–Kier alpha value is -3.76. The van der Waals surface area contributed by atoms with E-state index >= 15 is 0 Å². The highest BCUT2D eigenvalue weighted by Crippen LogP contribution is 2.37. The molecule has 0 radical (unpaired) electrons. The van der Waals surface area contributed by atoms with Crippen molar-refractivity contribution in [1.29, 1.82) is 5.26 Å². The Balaban J connectivity index is 1.47. The summed E-state index contributed by atoms with van der Waals surface area (Å²) in [5, 5.41) is 19.1. The first-order chi connectivity index (χ1) is 15.8. The summed E-state index contributed by atoms with van der Waals surface area (Å²) in [4.78, 5) is 0. The van der Waals surface area contributed by atoms with E-state index in [-0.39, 0.29) is 5.25 Å². The molecule has 6 nitrogen and oxygen atoms in total. The molecule has 1 aliphatic rings. The third kappa shape index (κ3) is 4.18. The number of ether oxygens (including phenoxy) is 2. The number of thioether (sulfide) groups is 1. The molecular weight excluding hydrogens is 420 g/mol. The van der Waals surface area contributed by atoms with Crippen LogP contribution < -0.4 is 9.47 Å². The number of hydrogen-bond donors (Lipinski definition) is 0. The monoisotopic (exact) mass is 440 g/mol. The molecule has 7 heteroatoms. The minimum atomic E-state index is -0.415. The minimum Gasteiger partial charge on any atom is -0.485 e. The van der Waals surface area contributed by atoms with E-state index in [1.807, 2.05) is 89.5 Å². The van der Waals surface area contributed by atoms with E-state index in [9.17, 15) is 5.26 Å². The predicted molar refractivity (Wildman–Crippen MR) is 122 cm³/mol. The molecule has 2 heterocycles. The Morgan fingerprint density at radius 3 is 2.38 bits per heavy atom. The van der Waals surface area contributed by atoms with Crippen molar-refractivity contribution in [3.8, 4) is 23.3 Å². The SMILES string of the molecule is N#C[C@@H](Cc1ccccc1)Sc1nnc([C@H]2COc3ccccc3O2)n1-c1ccccc1.